The third-order valence-corrected chi connectivity index (χ3v) is 3.61. The molecule has 3 nitrogen and oxygen atoms in total. The third-order valence-electron chi connectivity index (χ3n) is 3.61. The fraction of sp³-hybridized carbons (Fsp3) is 0.235. The van der Waals surface area contributed by atoms with Gasteiger partial charge >= 0.3 is 0 Å². The maximum absolute atomic E-state index is 14.1. The molecule has 0 aliphatic carbocycles. The SMILES string of the molecule is CCCn1c(-c2ccccc2F)nc2cc(CN)ccc21. The Morgan fingerprint density at radius 1 is 1.19 bits per heavy atom. The number of aryl methyl sites for hydroxylation is 1. The summed E-state index contributed by atoms with van der Waals surface area (Å²) < 4.78 is 16.2. The van der Waals surface area contributed by atoms with Gasteiger partial charge in [-0.1, -0.05) is 25.1 Å². The van der Waals surface area contributed by atoms with Crippen molar-refractivity contribution in [2.24, 2.45) is 5.73 Å². The average Bonchev–Trinajstić information content (AvgIpc) is 2.86. The van der Waals surface area contributed by atoms with Gasteiger partial charge in [-0.05, 0) is 36.2 Å². The van der Waals surface area contributed by atoms with Crippen LogP contribution in [0.2, 0.25) is 0 Å². The van der Waals surface area contributed by atoms with E-state index in [1.807, 2.05) is 24.3 Å². The van der Waals surface area contributed by atoms with Crippen LogP contribution in [0.4, 0.5) is 4.39 Å². The van der Waals surface area contributed by atoms with Crippen LogP contribution < -0.4 is 5.73 Å². The molecule has 0 unspecified atom stereocenters. The molecule has 0 radical (unpaired) electrons. The van der Waals surface area contributed by atoms with E-state index in [1.165, 1.54) is 6.07 Å². The predicted octanol–water partition coefficient (Wildman–Crippen LogP) is 3.71. The molecule has 2 N–H and O–H groups in total. The van der Waals surface area contributed by atoms with Crippen LogP contribution in [0.15, 0.2) is 42.5 Å². The van der Waals surface area contributed by atoms with Crippen molar-refractivity contribution in [1.82, 2.24) is 9.55 Å². The molecule has 21 heavy (non-hydrogen) atoms. The first-order valence-corrected chi connectivity index (χ1v) is 7.18. The molecule has 3 rings (SSSR count). The Morgan fingerprint density at radius 3 is 2.71 bits per heavy atom. The number of nitrogens with two attached hydrogens (primary N) is 1. The Hall–Kier alpha value is -2.20. The maximum Gasteiger partial charge on any atom is 0.144 e. The second-order valence-corrected chi connectivity index (χ2v) is 5.09. The van der Waals surface area contributed by atoms with Crippen LogP contribution in [0.1, 0.15) is 18.9 Å². The lowest BCUT2D eigenvalue weighted by molar-refractivity contribution is 0.625. The number of imidazole rings is 1. The molecule has 0 atom stereocenters. The van der Waals surface area contributed by atoms with E-state index in [1.54, 1.807) is 12.1 Å². The van der Waals surface area contributed by atoms with E-state index < -0.39 is 0 Å². The highest BCUT2D eigenvalue weighted by atomic mass is 19.1. The Kier molecular flexibility index (Phi) is 3.71. The highest BCUT2D eigenvalue weighted by molar-refractivity contribution is 5.81. The molecule has 0 amide bonds. The Labute approximate surface area is 123 Å². The van der Waals surface area contributed by atoms with E-state index in [-0.39, 0.29) is 5.82 Å². The number of aromatic nitrogens is 2. The average molecular weight is 283 g/mol. The minimum Gasteiger partial charge on any atom is -0.326 e. The molecule has 1 aromatic heterocycles. The number of benzene rings is 2. The van der Waals surface area contributed by atoms with Crippen molar-refractivity contribution in [3.63, 3.8) is 0 Å². The zero-order valence-electron chi connectivity index (χ0n) is 12.0. The lowest BCUT2D eigenvalue weighted by Crippen LogP contribution is -2.01. The van der Waals surface area contributed by atoms with Gasteiger partial charge in [0.15, 0.2) is 0 Å². The predicted molar refractivity (Wildman–Crippen MR) is 83.3 cm³/mol. The zero-order chi connectivity index (χ0) is 14.8. The van der Waals surface area contributed by atoms with E-state index in [4.69, 9.17) is 5.73 Å². The third kappa shape index (κ3) is 2.43. The monoisotopic (exact) mass is 283 g/mol. The molecule has 2 aromatic carbocycles. The van der Waals surface area contributed by atoms with Gasteiger partial charge in [-0.3, -0.25) is 0 Å². The molecule has 1 heterocycles. The van der Waals surface area contributed by atoms with Crippen LogP contribution in [0, 0.1) is 5.82 Å². The topological polar surface area (TPSA) is 43.8 Å². The smallest absolute Gasteiger partial charge is 0.144 e. The van der Waals surface area contributed by atoms with E-state index in [9.17, 15) is 4.39 Å². The minimum absolute atomic E-state index is 0.246. The molecule has 0 aliphatic rings. The molecule has 0 bridgehead atoms. The molecule has 0 saturated heterocycles. The molecule has 0 saturated carbocycles. The number of rotatable bonds is 4. The van der Waals surface area contributed by atoms with Crippen LogP contribution in [-0.4, -0.2) is 9.55 Å². The molecule has 108 valence electrons. The summed E-state index contributed by atoms with van der Waals surface area (Å²) in [5.74, 6) is 0.434. The number of nitrogens with zero attached hydrogens (tertiary/aromatic N) is 2. The Morgan fingerprint density at radius 2 is 2.00 bits per heavy atom. The van der Waals surface area contributed by atoms with Crippen LogP contribution in [-0.2, 0) is 13.1 Å². The largest absolute Gasteiger partial charge is 0.326 e. The first-order valence-electron chi connectivity index (χ1n) is 7.18. The lowest BCUT2D eigenvalue weighted by atomic mass is 10.2. The highest BCUT2D eigenvalue weighted by Crippen LogP contribution is 2.27. The molecule has 0 fully saturated rings. The van der Waals surface area contributed by atoms with Gasteiger partial charge in [0.2, 0.25) is 0 Å². The highest BCUT2D eigenvalue weighted by Gasteiger charge is 2.15. The molecule has 4 heteroatoms. The minimum atomic E-state index is -0.246. The molecular formula is C17H18FN3. The van der Waals surface area contributed by atoms with Gasteiger partial charge in [-0.25, -0.2) is 9.37 Å². The number of hydrogen-bond acceptors (Lipinski definition) is 2. The second-order valence-electron chi connectivity index (χ2n) is 5.09. The zero-order valence-corrected chi connectivity index (χ0v) is 12.0. The van der Waals surface area contributed by atoms with Crippen molar-refractivity contribution >= 4 is 11.0 Å². The lowest BCUT2D eigenvalue weighted by Gasteiger charge is -2.08. The summed E-state index contributed by atoms with van der Waals surface area (Å²) in [6.07, 6.45) is 0.964. The number of hydrogen-bond donors (Lipinski definition) is 1. The van der Waals surface area contributed by atoms with E-state index in [0.717, 1.165) is 29.6 Å². The molecular weight excluding hydrogens is 265 g/mol. The van der Waals surface area contributed by atoms with Crippen molar-refractivity contribution < 1.29 is 4.39 Å². The van der Waals surface area contributed by atoms with Crippen molar-refractivity contribution in [2.45, 2.75) is 26.4 Å². The summed E-state index contributed by atoms with van der Waals surface area (Å²) >= 11 is 0. The van der Waals surface area contributed by atoms with Crippen LogP contribution in [0.25, 0.3) is 22.4 Å². The van der Waals surface area contributed by atoms with Crippen molar-refractivity contribution in [3.05, 3.63) is 53.8 Å². The standard InChI is InChI=1S/C17H18FN3/c1-2-9-21-16-8-7-12(11-19)10-15(16)20-17(21)13-5-3-4-6-14(13)18/h3-8,10H,2,9,11,19H2,1H3. The Balaban J connectivity index is 2.26. The second kappa shape index (κ2) is 5.66. The fourth-order valence-corrected chi connectivity index (χ4v) is 2.60. The van der Waals surface area contributed by atoms with Gasteiger partial charge < -0.3 is 10.3 Å². The van der Waals surface area contributed by atoms with Gasteiger partial charge in [0.1, 0.15) is 11.6 Å². The summed E-state index contributed by atoms with van der Waals surface area (Å²) in [4.78, 5) is 4.64. The van der Waals surface area contributed by atoms with E-state index >= 15 is 0 Å². The van der Waals surface area contributed by atoms with Gasteiger partial charge in [-0.15, -0.1) is 0 Å². The summed E-state index contributed by atoms with van der Waals surface area (Å²) in [6, 6.07) is 12.8. The molecule has 0 spiro atoms. The maximum atomic E-state index is 14.1. The summed E-state index contributed by atoms with van der Waals surface area (Å²) in [6.45, 7) is 3.39. The van der Waals surface area contributed by atoms with Crippen molar-refractivity contribution in [3.8, 4) is 11.4 Å². The van der Waals surface area contributed by atoms with Crippen LogP contribution in [0.5, 0.6) is 0 Å². The first-order chi connectivity index (χ1) is 10.2. The van der Waals surface area contributed by atoms with Crippen molar-refractivity contribution in [2.75, 3.05) is 0 Å². The van der Waals surface area contributed by atoms with E-state index in [2.05, 4.69) is 16.5 Å². The van der Waals surface area contributed by atoms with Crippen molar-refractivity contribution in [1.29, 1.82) is 0 Å². The number of halogens is 1. The van der Waals surface area contributed by atoms with Crippen LogP contribution >= 0.6 is 0 Å². The summed E-state index contributed by atoms with van der Waals surface area (Å²) in [5.41, 5.74) is 9.14. The fourth-order valence-electron chi connectivity index (χ4n) is 2.60. The Bertz CT molecular complexity index is 777. The first kappa shape index (κ1) is 13.8. The molecule has 0 aliphatic heterocycles. The van der Waals surface area contributed by atoms with E-state index in [0.29, 0.717) is 17.9 Å². The summed E-state index contributed by atoms with van der Waals surface area (Å²) in [5, 5.41) is 0. The van der Waals surface area contributed by atoms with Gasteiger partial charge in [0, 0.05) is 13.1 Å². The van der Waals surface area contributed by atoms with Gasteiger partial charge in [0.25, 0.3) is 0 Å². The molecule has 3 aromatic rings. The van der Waals surface area contributed by atoms with Gasteiger partial charge in [-0.2, -0.15) is 0 Å². The van der Waals surface area contributed by atoms with Gasteiger partial charge in [0.05, 0.1) is 16.6 Å². The summed E-state index contributed by atoms with van der Waals surface area (Å²) in [7, 11) is 0. The normalized spacial score (nSPS) is 11.2. The number of fused-ring (bicyclic) bond motifs is 1. The quantitative estimate of drug-likeness (QED) is 0.793. The van der Waals surface area contributed by atoms with Crippen LogP contribution in [0.3, 0.4) is 0 Å².